The van der Waals surface area contributed by atoms with Gasteiger partial charge in [0.15, 0.2) is 0 Å². The van der Waals surface area contributed by atoms with Gasteiger partial charge in [0.05, 0.1) is 18.0 Å². The van der Waals surface area contributed by atoms with Gasteiger partial charge in [0, 0.05) is 22.4 Å². The highest BCUT2D eigenvalue weighted by Gasteiger charge is 2.21. The van der Waals surface area contributed by atoms with E-state index in [0.717, 1.165) is 28.0 Å². The Hall–Kier alpha value is -2.08. The minimum absolute atomic E-state index is 0.167. The highest BCUT2D eigenvalue weighted by Crippen LogP contribution is 2.22. The number of hydrogen-bond acceptors (Lipinski definition) is 2. The third kappa shape index (κ3) is 4.06. The molecule has 1 heterocycles. The zero-order chi connectivity index (χ0) is 17.9. The molecule has 0 aliphatic heterocycles. The second-order valence-corrected chi connectivity index (χ2v) is 6.62. The number of amides is 1. The number of aryl methyl sites for hydroxylation is 1. The first kappa shape index (κ1) is 18.3. The number of nitrogens with one attached hydrogen (secondary N) is 1. The monoisotopic (exact) mass is 392 g/mol. The molecule has 1 unspecified atom stereocenters. The van der Waals surface area contributed by atoms with Gasteiger partial charge in [-0.1, -0.05) is 28.1 Å². The number of aliphatic carboxylic acids is 1. The number of aromatic nitrogens is 1. The van der Waals surface area contributed by atoms with Gasteiger partial charge in [0.1, 0.15) is 0 Å². The molecule has 0 saturated carbocycles. The third-order valence-corrected chi connectivity index (χ3v) is 4.62. The van der Waals surface area contributed by atoms with Crippen molar-refractivity contribution in [2.75, 3.05) is 0 Å². The summed E-state index contributed by atoms with van der Waals surface area (Å²) in [7, 11) is 0. The normalized spacial score (nSPS) is 12.0. The van der Waals surface area contributed by atoms with E-state index in [1.165, 1.54) is 0 Å². The van der Waals surface area contributed by atoms with E-state index < -0.39 is 12.0 Å². The Morgan fingerprint density at radius 2 is 1.88 bits per heavy atom. The maximum absolute atomic E-state index is 12.7. The van der Waals surface area contributed by atoms with Gasteiger partial charge in [-0.15, -0.1) is 0 Å². The molecule has 2 aromatic rings. The molecule has 2 rings (SSSR count). The van der Waals surface area contributed by atoms with E-state index in [2.05, 4.69) is 25.8 Å². The molecule has 0 fully saturated rings. The van der Waals surface area contributed by atoms with Gasteiger partial charge in [-0.2, -0.15) is 0 Å². The van der Waals surface area contributed by atoms with Crippen LogP contribution < -0.4 is 5.32 Å². The van der Waals surface area contributed by atoms with Crippen LogP contribution in [0.5, 0.6) is 0 Å². The number of carbonyl (C=O) groups is 2. The Bertz CT molecular complexity index is 750. The predicted molar refractivity (Wildman–Crippen MR) is 96.2 cm³/mol. The molecular formula is C18H21BrN2O3. The van der Waals surface area contributed by atoms with Gasteiger partial charge in [-0.3, -0.25) is 9.59 Å². The minimum atomic E-state index is -0.956. The molecule has 6 heteroatoms. The van der Waals surface area contributed by atoms with Gasteiger partial charge >= 0.3 is 5.97 Å². The number of carboxylic acids is 1. The maximum Gasteiger partial charge on any atom is 0.305 e. The fraction of sp³-hybridized carbons (Fsp3) is 0.333. The molecule has 1 amide bonds. The third-order valence-electron chi connectivity index (χ3n) is 4.09. The van der Waals surface area contributed by atoms with Crippen LogP contribution in [-0.2, 0) is 11.3 Å². The van der Waals surface area contributed by atoms with Gasteiger partial charge in [-0.05, 0) is 44.5 Å². The standard InChI is InChI=1S/C18H21BrN2O3/c1-4-21-11(2)9-15(12(21)3)18(24)20-16(10-17(22)23)13-5-7-14(19)8-6-13/h5-9,16H,4,10H2,1-3H3,(H,20,24)(H,22,23). The van der Waals surface area contributed by atoms with Crippen molar-refractivity contribution in [3.05, 3.63) is 57.3 Å². The zero-order valence-electron chi connectivity index (χ0n) is 14.0. The number of carboxylic acid groups (broad SMARTS) is 1. The van der Waals surface area contributed by atoms with Crippen molar-refractivity contribution in [1.82, 2.24) is 9.88 Å². The lowest BCUT2D eigenvalue weighted by atomic mass is 10.0. The molecule has 24 heavy (non-hydrogen) atoms. The van der Waals surface area contributed by atoms with Crippen LogP contribution in [0.4, 0.5) is 0 Å². The molecule has 0 radical (unpaired) electrons. The van der Waals surface area contributed by atoms with Gasteiger partial charge in [0.25, 0.3) is 5.91 Å². The molecule has 0 aliphatic carbocycles. The Balaban J connectivity index is 2.27. The van der Waals surface area contributed by atoms with E-state index >= 15 is 0 Å². The molecule has 1 aromatic heterocycles. The number of nitrogens with zero attached hydrogens (tertiary/aromatic N) is 1. The lowest BCUT2D eigenvalue weighted by Gasteiger charge is -2.18. The molecule has 5 nitrogen and oxygen atoms in total. The summed E-state index contributed by atoms with van der Waals surface area (Å²) < 4.78 is 2.96. The van der Waals surface area contributed by atoms with E-state index in [1.807, 2.05) is 51.1 Å². The fourth-order valence-corrected chi connectivity index (χ4v) is 3.14. The van der Waals surface area contributed by atoms with Crippen LogP contribution in [0.25, 0.3) is 0 Å². The van der Waals surface area contributed by atoms with E-state index in [9.17, 15) is 9.59 Å². The Morgan fingerprint density at radius 3 is 2.38 bits per heavy atom. The zero-order valence-corrected chi connectivity index (χ0v) is 15.6. The fourth-order valence-electron chi connectivity index (χ4n) is 2.88. The number of carbonyl (C=O) groups excluding carboxylic acids is 1. The summed E-state index contributed by atoms with van der Waals surface area (Å²) in [5.41, 5.74) is 3.25. The van der Waals surface area contributed by atoms with Crippen molar-refractivity contribution in [3.8, 4) is 0 Å². The van der Waals surface area contributed by atoms with E-state index in [0.29, 0.717) is 5.56 Å². The van der Waals surface area contributed by atoms with Crippen molar-refractivity contribution in [2.45, 2.75) is 39.8 Å². The molecule has 0 spiro atoms. The number of hydrogen-bond donors (Lipinski definition) is 2. The average Bonchev–Trinajstić information content (AvgIpc) is 2.81. The molecular weight excluding hydrogens is 372 g/mol. The molecule has 0 saturated heterocycles. The molecule has 0 bridgehead atoms. The summed E-state index contributed by atoms with van der Waals surface area (Å²) in [5, 5.41) is 12.0. The summed E-state index contributed by atoms with van der Waals surface area (Å²) in [4.78, 5) is 23.8. The smallest absolute Gasteiger partial charge is 0.305 e. The molecule has 1 aromatic carbocycles. The molecule has 128 valence electrons. The summed E-state index contributed by atoms with van der Waals surface area (Å²) in [5.74, 6) is -1.21. The van der Waals surface area contributed by atoms with Crippen molar-refractivity contribution < 1.29 is 14.7 Å². The first-order valence-corrected chi connectivity index (χ1v) is 8.57. The van der Waals surface area contributed by atoms with E-state index in [4.69, 9.17) is 5.11 Å². The van der Waals surface area contributed by atoms with E-state index in [1.54, 1.807) is 0 Å². The van der Waals surface area contributed by atoms with Crippen LogP contribution in [0.3, 0.4) is 0 Å². The van der Waals surface area contributed by atoms with Crippen LogP contribution in [0.1, 0.15) is 46.7 Å². The average molecular weight is 393 g/mol. The van der Waals surface area contributed by atoms with E-state index in [-0.39, 0.29) is 12.3 Å². The van der Waals surface area contributed by atoms with Crippen LogP contribution in [-0.4, -0.2) is 21.6 Å². The number of benzene rings is 1. The van der Waals surface area contributed by atoms with Crippen molar-refractivity contribution >= 4 is 27.8 Å². The quantitative estimate of drug-likeness (QED) is 0.784. The first-order valence-electron chi connectivity index (χ1n) is 7.78. The maximum atomic E-state index is 12.7. The van der Waals surface area contributed by atoms with Crippen molar-refractivity contribution in [3.63, 3.8) is 0 Å². The summed E-state index contributed by atoms with van der Waals surface area (Å²) >= 11 is 3.35. The van der Waals surface area contributed by atoms with Crippen LogP contribution in [0, 0.1) is 13.8 Å². The second-order valence-electron chi connectivity index (χ2n) is 5.70. The van der Waals surface area contributed by atoms with Crippen LogP contribution >= 0.6 is 15.9 Å². The van der Waals surface area contributed by atoms with Gasteiger partial charge in [-0.25, -0.2) is 0 Å². The molecule has 2 N–H and O–H groups in total. The predicted octanol–water partition coefficient (Wildman–Crippen LogP) is 3.83. The lowest BCUT2D eigenvalue weighted by molar-refractivity contribution is -0.137. The Kier molecular flexibility index (Phi) is 5.83. The van der Waals surface area contributed by atoms with Crippen LogP contribution in [0.2, 0.25) is 0 Å². The highest BCUT2D eigenvalue weighted by atomic mass is 79.9. The summed E-state index contributed by atoms with van der Waals surface area (Å²) in [6.07, 6.45) is -0.167. The molecule has 0 aliphatic rings. The minimum Gasteiger partial charge on any atom is -0.481 e. The Morgan fingerprint density at radius 1 is 1.25 bits per heavy atom. The largest absolute Gasteiger partial charge is 0.481 e. The van der Waals surface area contributed by atoms with Crippen molar-refractivity contribution in [1.29, 1.82) is 0 Å². The molecule has 1 atom stereocenters. The highest BCUT2D eigenvalue weighted by molar-refractivity contribution is 9.10. The Labute approximate surface area is 149 Å². The number of rotatable bonds is 6. The first-order chi connectivity index (χ1) is 11.3. The lowest BCUT2D eigenvalue weighted by Crippen LogP contribution is -2.30. The summed E-state index contributed by atoms with van der Waals surface area (Å²) in [6.45, 7) is 6.67. The van der Waals surface area contributed by atoms with Gasteiger partial charge in [0.2, 0.25) is 0 Å². The number of halogens is 1. The van der Waals surface area contributed by atoms with Crippen molar-refractivity contribution in [2.24, 2.45) is 0 Å². The van der Waals surface area contributed by atoms with Crippen LogP contribution in [0.15, 0.2) is 34.8 Å². The SMILES string of the molecule is CCn1c(C)cc(C(=O)NC(CC(=O)O)c2ccc(Br)cc2)c1C. The summed E-state index contributed by atoms with van der Waals surface area (Å²) in [6, 6.07) is 8.56. The topological polar surface area (TPSA) is 71.3 Å². The second kappa shape index (κ2) is 7.66. The van der Waals surface area contributed by atoms with Gasteiger partial charge < -0.3 is 15.0 Å².